The van der Waals surface area contributed by atoms with Gasteiger partial charge in [-0.2, -0.15) is 0 Å². The Labute approximate surface area is 91.5 Å². The monoisotopic (exact) mass is 214 g/mol. The highest BCUT2D eigenvalue weighted by Gasteiger charge is 2.30. The van der Waals surface area contributed by atoms with Gasteiger partial charge in [-0.1, -0.05) is 6.42 Å². The molecule has 0 atom stereocenters. The van der Waals surface area contributed by atoms with Crippen LogP contribution >= 0.6 is 0 Å². The zero-order chi connectivity index (χ0) is 11.5. The number of ether oxygens (including phenoxy) is 1. The highest BCUT2D eigenvalue weighted by Crippen LogP contribution is 2.23. The molecule has 15 heavy (non-hydrogen) atoms. The van der Waals surface area contributed by atoms with Gasteiger partial charge in [-0.25, -0.2) is 4.79 Å². The largest absolute Gasteiger partial charge is 0.444 e. The maximum Gasteiger partial charge on any atom is 0.409 e. The summed E-state index contributed by atoms with van der Waals surface area (Å²) in [5, 5.41) is 2.77. The van der Waals surface area contributed by atoms with Crippen LogP contribution in [0.1, 0.15) is 52.9 Å². The quantitative estimate of drug-likeness (QED) is 0.657. The van der Waals surface area contributed by atoms with E-state index in [4.69, 9.17) is 10.5 Å². The summed E-state index contributed by atoms with van der Waals surface area (Å²) in [6.07, 6.45) is 4.62. The van der Waals surface area contributed by atoms with Crippen LogP contribution in [0.4, 0.5) is 4.79 Å². The summed E-state index contributed by atoms with van der Waals surface area (Å²) in [7, 11) is 0. The number of amides is 1. The molecule has 4 heteroatoms. The molecule has 0 aliphatic heterocycles. The summed E-state index contributed by atoms with van der Waals surface area (Å²) in [6, 6.07) is 0. The van der Waals surface area contributed by atoms with Crippen LogP contribution in [0, 0.1) is 0 Å². The first-order valence-electron chi connectivity index (χ1n) is 5.61. The Kier molecular flexibility index (Phi) is 3.60. The minimum Gasteiger partial charge on any atom is -0.444 e. The number of nitrogens with two attached hydrogens (primary N) is 1. The van der Waals surface area contributed by atoms with Crippen LogP contribution in [0.15, 0.2) is 0 Å². The summed E-state index contributed by atoms with van der Waals surface area (Å²) in [5.74, 6) is 0. The molecule has 0 radical (unpaired) electrons. The molecule has 1 aliphatic rings. The van der Waals surface area contributed by atoms with E-state index in [0.717, 1.165) is 25.7 Å². The van der Waals surface area contributed by atoms with E-state index in [9.17, 15) is 4.79 Å². The van der Waals surface area contributed by atoms with Crippen LogP contribution in [-0.2, 0) is 4.74 Å². The summed E-state index contributed by atoms with van der Waals surface area (Å²) < 4.78 is 5.18. The number of rotatable bonds is 1. The lowest BCUT2D eigenvalue weighted by atomic mass is 9.90. The predicted octanol–water partition coefficient (Wildman–Crippen LogP) is 2.13. The zero-order valence-electron chi connectivity index (χ0n) is 9.93. The van der Waals surface area contributed by atoms with E-state index in [-0.39, 0.29) is 0 Å². The summed E-state index contributed by atoms with van der Waals surface area (Å²) in [6.45, 7) is 5.53. The van der Waals surface area contributed by atoms with Crippen molar-refractivity contribution in [3.05, 3.63) is 0 Å². The van der Waals surface area contributed by atoms with E-state index in [1.165, 1.54) is 6.42 Å². The Bertz CT molecular complexity index is 227. The number of nitrogens with one attached hydrogen (secondary N) is 1. The Morgan fingerprint density at radius 2 is 1.80 bits per heavy atom. The first-order valence-corrected chi connectivity index (χ1v) is 5.61. The second-order valence-corrected chi connectivity index (χ2v) is 5.34. The average Bonchev–Trinajstić information content (AvgIpc) is 1.99. The molecular weight excluding hydrogens is 192 g/mol. The lowest BCUT2D eigenvalue weighted by Gasteiger charge is -2.34. The molecule has 0 bridgehead atoms. The van der Waals surface area contributed by atoms with Crippen molar-refractivity contribution in [2.75, 3.05) is 0 Å². The second kappa shape index (κ2) is 4.39. The Morgan fingerprint density at radius 3 is 2.27 bits per heavy atom. The van der Waals surface area contributed by atoms with Crippen LogP contribution in [0.2, 0.25) is 0 Å². The molecule has 0 heterocycles. The molecule has 1 fully saturated rings. The van der Waals surface area contributed by atoms with Gasteiger partial charge in [0.05, 0.1) is 5.66 Å². The van der Waals surface area contributed by atoms with E-state index in [2.05, 4.69) is 5.32 Å². The minimum absolute atomic E-state index is 0.410. The first-order chi connectivity index (χ1) is 6.81. The molecule has 0 aromatic rings. The predicted molar refractivity (Wildman–Crippen MR) is 59.4 cm³/mol. The molecule has 0 aromatic carbocycles. The molecule has 1 aliphatic carbocycles. The average molecular weight is 214 g/mol. The third-order valence-electron chi connectivity index (χ3n) is 2.50. The van der Waals surface area contributed by atoms with Gasteiger partial charge in [0.25, 0.3) is 0 Å². The highest BCUT2D eigenvalue weighted by molar-refractivity contribution is 5.68. The fraction of sp³-hybridized carbons (Fsp3) is 0.909. The molecule has 88 valence electrons. The van der Waals surface area contributed by atoms with Crippen molar-refractivity contribution in [1.29, 1.82) is 0 Å². The van der Waals surface area contributed by atoms with E-state index < -0.39 is 17.4 Å². The summed E-state index contributed by atoms with van der Waals surface area (Å²) in [5.41, 5.74) is 5.05. The van der Waals surface area contributed by atoms with Crippen molar-refractivity contribution in [1.82, 2.24) is 5.32 Å². The van der Waals surface area contributed by atoms with Crippen LogP contribution in [0.3, 0.4) is 0 Å². The Hall–Kier alpha value is -0.770. The minimum atomic E-state index is -0.555. The maximum atomic E-state index is 11.5. The van der Waals surface area contributed by atoms with Crippen molar-refractivity contribution >= 4 is 6.09 Å². The highest BCUT2D eigenvalue weighted by atomic mass is 16.6. The molecular formula is C11H22N2O2. The lowest BCUT2D eigenvalue weighted by molar-refractivity contribution is 0.0429. The molecule has 0 spiro atoms. The van der Waals surface area contributed by atoms with Gasteiger partial charge in [0.1, 0.15) is 5.60 Å². The Balaban J connectivity index is 2.42. The van der Waals surface area contributed by atoms with Crippen molar-refractivity contribution in [3.63, 3.8) is 0 Å². The van der Waals surface area contributed by atoms with Gasteiger partial charge in [0.2, 0.25) is 0 Å². The van der Waals surface area contributed by atoms with Gasteiger partial charge < -0.3 is 15.8 Å². The Morgan fingerprint density at radius 1 is 1.27 bits per heavy atom. The third-order valence-corrected chi connectivity index (χ3v) is 2.50. The second-order valence-electron chi connectivity index (χ2n) is 5.34. The first kappa shape index (κ1) is 12.3. The zero-order valence-corrected chi connectivity index (χ0v) is 9.93. The van der Waals surface area contributed by atoms with Gasteiger partial charge in [0, 0.05) is 0 Å². The number of hydrogen-bond acceptors (Lipinski definition) is 3. The van der Waals surface area contributed by atoms with E-state index >= 15 is 0 Å². The van der Waals surface area contributed by atoms with Crippen molar-refractivity contribution in [2.45, 2.75) is 64.1 Å². The van der Waals surface area contributed by atoms with E-state index in [1.807, 2.05) is 20.8 Å². The topological polar surface area (TPSA) is 64.3 Å². The van der Waals surface area contributed by atoms with Crippen LogP contribution in [-0.4, -0.2) is 17.4 Å². The van der Waals surface area contributed by atoms with Crippen LogP contribution in [0.25, 0.3) is 0 Å². The van der Waals surface area contributed by atoms with Crippen molar-refractivity contribution in [2.24, 2.45) is 5.73 Å². The number of carbonyl (C=O) groups excluding carboxylic acids is 1. The molecule has 1 saturated carbocycles. The van der Waals surface area contributed by atoms with Gasteiger partial charge in [-0.05, 0) is 46.5 Å². The molecule has 1 rings (SSSR count). The van der Waals surface area contributed by atoms with Gasteiger partial charge in [-0.3, -0.25) is 0 Å². The fourth-order valence-electron chi connectivity index (χ4n) is 1.81. The molecule has 0 aromatic heterocycles. The molecule has 1 amide bonds. The fourth-order valence-corrected chi connectivity index (χ4v) is 1.81. The standard InChI is InChI=1S/C11H22N2O2/c1-10(2,3)15-9(14)13-11(12)7-5-4-6-8-11/h4-8,12H2,1-3H3,(H,13,14). The van der Waals surface area contributed by atoms with Gasteiger partial charge >= 0.3 is 6.09 Å². The summed E-state index contributed by atoms with van der Waals surface area (Å²) in [4.78, 5) is 11.5. The molecule has 0 saturated heterocycles. The van der Waals surface area contributed by atoms with Gasteiger partial charge in [0.15, 0.2) is 0 Å². The van der Waals surface area contributed by atoms with Crippen LogP contribution < -0.4 is 11.1 Å². The van der Waals surface area contributed by atoms with Crippen molar-refractivity contribution < 1.29 is 9.53 Å². The number of alkyl carbamates (subject to hydrolysis) is 1. The molecule has 3 N–H and O–H groups in total. The molecule has 4 nitrogen and oxygen atoms in total. The lowest BCUT2D eigenvalue weighted by Crippen LogP contribution is -2.57. The maximum absolute atomic E-state index is 11.5. The van der Waals surface area contributed by atoms with Crippen LogP contribution in [0.5, 0.6) is 0 Å². The molecule has 0 unspecified atom stereocenters. The van der Waals surface area contributed by atoms with Crippen molar-refractivity contribution in [3.8, 4) is 0 Å². The smallest absolute Gasteiger partial charge is 0.409 e. The number of hydrogen-bond donors (Lipinski definition) is 2. The summed E-state index contributed by atoms with van der Waals surface area (Å²) >= 11 is 0. The van der Waals surface area contributed by atoms with Gasteiger partial charge in [-0.15, -0.1) is 0 Å². The third kappa shape index (κ3) is 4.51. The SMILES string of the molecule is CC(C)(C)OC(=O)NC1(N)CCCCC1. The van der Waals surface area contributed by atoms with E-state index in [0.29, 0.717) is 0 Å². The normalized spacial score (nSPS) is 20.8. The number of carbonyl (C=O) groups is 1. The van der Waals surface area contributed by atoms with E-state index in [1.54, 1.807) is 0 Å².